The van der Waals surface area contributed by atoms with Gasteiger partial charge in [-0.1, -0.05) is 0 Å². The Balaban J connectivity index is 2.13. The van der Waals surface area contributed by atoms with Crippen molar-refractivity contribution in [2.24, 2.45) is 10.7 Å². The van der Waals surface area contributed by atoms with Crippen molar-refractivity contribution < 1.29 is 9.47 Å². The molecule has 98 valence electrons. The summed E-state index contributed by atoms with van der Waals surface area (Å²) in [4.78, 5) is 6.63. The first kappa shape index (κ1) is 12.6. The number of nitrogens with two attached hydrogens (primary N) is 1. The Bertz CT molecular complexity index is 317. The Labute approximate surface area is 103 Å². The zero-order chi connectivity index (χ0) is 12.5. The van der Waals surface area contributed by atoms with E-state index < -0.39 is 0 Å². The van der Waals surface area contributed by atoms with Crippen molar-refractivity contribution >= 4 is 5.96 Å². The molecule has 0 bridgehead atoms. The standard InChI is InChI=1S/C12H23N3O2/c1-11(2)8-12(4-6-17-11)9-14-10(13)15(12)5-7-16-3/h4-9H2,1-3H3,(H2,13,14). The van der Waals surface area contributed by atoms with Crippen LogP contribution in [-0.2, 0) is 9.47 Å². The molecule has 1 unspecified atom stereocenters. The van der Waals surface area contributed by atoms with Crippen LogP contribution in [0.2, 0.25) is 0 Å². The maximum atomic E-state index is 5.99. The maximum Gasteiger partial charge on any atom is 0.191 e. The zero-order valence-corrected chi connectivity index (χ0v) is 11.0. The Hall–Kier alpha value is -0.810. The predicted octanol–water partition coefficient (Wildman–Crippen LogP) is 0.591. The highest BCUT2D eigenvalue weighted by atomic mass is 16.5. The van der Waals surface area contributed by atoms with Crippen LogP contribution in [-0.4, -0.2) is 55.4 Å². The van der Waals surface area contributed by atoms with Gasteiger partial charge in [0.2, 0.25) is 0 Å². The fourth-order valence-corrected chi connectivity index (χ4v) is 2.99. The first-order valence-corrected chi connectivity index (χ1v) is 6.20. The molecule has 0 amide bonds. The summed E-state index contributed by atoms with van der Waals surface area (Å²) in [7, 11) is 1.71. The zero-order valence-electron chi connectivity index (χ0n) is 11.0. The fourth-order valence-electron chi connectivity index (χ4n) is 2.99. The van der Waals surface area contributed by atoms with Crippen molar-refractivity contribution in [3.05, 3.63) is 0 Å². The van der Waals surface area contributed by atoms with Gasteiger partial charge in [-0.3, -0.25) is 4.99 Å². The molecule has 0 saturated carbocycles. The molecule has 0 aromatic carbocycles. The van der Waals surface area contributed by atoms with E-state index in [1.807, 2.05) is 0 Å². The van der Waals surface area contributed by atoms with Gasteiger partial charge in [-0.15, -0.1) is 0 Å². The molecule has 5 nitrogen and oxygen atoms in total. The van der Waals surface area contributed by atoms with Gasteiger partial charge >= 0.3 is 0 Å². The van der Waals surface area contributed by atoms with E-state index in [0.717, 1.165) is 32.5 Å². The summed E-state index contributed by atoms with van der Waals surface area (Å²) in [6, 6.07) is 0. The smallest absolute Gasteiger partial charge is 0.191 e. The molecule has 2 rings (SSSR count). The van der Waals surface area contributed by atoms with Crippen LogP contribution in [0, 0.1) is 0 Å². The van der Waals surface area contributed by atoms with Gasteiger partial charge in [0.25, 0.3) is 0 Å². The lowest BCUT2D eigenvalue weighted by Gasteiger charge is -2.47. The molecule has 1 fully saturated rings. The van der Waals surface area contributed by atoms with E-state index >= 15 is 0 Å². The number of hydrogen-bond donors (Lipinski definition) is 1. The van der Waals surface area contributed by atoms with Crippen LogP contribution in [0.5, 0.6) is 0 Å². The van der Waals surface area contributed by atoms with Gasteiger partial charge in [0.05, 0.1) is 24.3 Å². The molecule has 2 heterocycles. The van der Waals surface area contributed by atoms with E-state index in [4.69, 9.17) is 15.2 Å². The van der Waals surface area contributed by atoms with E-state index in [1.54, 1.807) is 7.11 Å². The van der Waals surface area contributed by atoms with Crippen LogP contribution < -0.4 is 5.73 Å². The van der Waals surface area contributed by atoms with Gasteiger partial charge < -0.3 is 20.1 Å². The van der Waals surface area contributed by atoms with E-state index in [0.29, 0.717) is 12.6 Å². The SMILES string of the molecule is COCCN1C(N)=NCC12CCOC(C)(C)C2. The second kappa shape index (κ2) is 4.46. The lowest BCUT2D eigenvalue weighted by molar-refractivity contribution is -0.102. The topological polar surface area (TPSA) is 60.1 Å². The Kier molecular flexibility index (Phi) is 3.32. The van der Waals surface area contributed by atoms with Crippen LogP contribution in [0.25, 0.3) is 0 Å². The molecule has 0 aromatic heterocycles. The van der Waals surface area contributed by atoms with Gasteiger partial charge in [-0.25, -0.2) is 0 Å². The molecule has 0 aliphatic carbocycles. The summed E-state index contributed by atoms with van der Waals surface area (Å²) in [5.41, 5.74) is 5.95. The third-order valence-electron chi connectivity index (χ3n) is 3.72. The van der Waals surface area contributed by atoms with Crippen molar-refractivity contribution in [1.82, 2.24) is 4.90 Å². The molecule has 0 aromatic rings. The summed E-state index contributed by atoms with van der Waals surface area (Å²) >= 11 is 0. The minimum absolute atomic E-state index is 0.0460. The predicted molar refractivity (Wildman–Crippen MR) is 67.1 cm³/mol. The monoisotopic (exact) mass is 241 g/mol. The van der Waals surface area contributed by atoms with E-state index in [1.165, 1.54) is 0 Å². The molecule has 1 saturated heterocycles. The highest BCUT2D eigenvalue weighted by Crippen LogP contribution is 2.38. The molecular formula is C12H23N3O2. The number of rotatable bonds is 3. The van der Waals surface area contributed by atoms with Crippen molar-refractivity contribution in [1.29, 1.82) is 0 Å². The van der Waals surface area contributed by atoms with Gasteiger partial charge in [-0.05, 0) is 20.3 Å². The second-order valence-corrected chi connectivity index (χ2v) is 5.58. The Morgan fingerprint density at radius 1 is 1.53 bits per heavy atom. The fraction of sp³-hybridized carbons (Fsp3) is 0.917. The molecular weight excluding hydrogens is 218 g/mol. The lowest BCUT2D eigenvalue weighted by atomic mass is 9.80. The summed E-state index contributed by atoms with van der Waals surface area (Å²) in [6.45, 7) is 7.32. The average Bonchev–Trinajstić information content (AvgIpc) is 2.52. The Morgan fingerprint density at radius 3 is 2.94 bits per heavy atom. The lowest BCUT2D eigenvalue weighted by Crippen LogP contribution is -2.59. The highest BCUT2D eigenvalue weighted by Gasteiger charge is 2.48. The molecule has 2 aliphatic heterocycles. The highest BCUT2D eigenvalue weighted by molar-refractivity contribution is 5.81. The van der Waals surface area contributed by atoms with Gasteiger partial charge in [-0.2, -0.15) is 0 Å². The third-order valence-corrected chi connectivity index (χ3v) is 3.72. The van der Waals surface area contributed by atoms with Crippen molar-refractivity contribution in [2.75, 3.05) is 33.4 Å². The summed E-state index contributed by atoms with van der Waals surface area (Å²) in [5, 5.41) is 0. The van der Waals surface area contributed by atoms with Gasteiger partial charge in [0.1, 0.15) is 0 Å². The average molecular weight is 241 g/mol. The van der Waals surface area contributed by atoms with Crippen molar-refractivity contribution in [3.63, 3.8) is 0 Å². The molecule has 2 N–H and O–H groups in total. The number of hydrogen-bond acceptors (Lipinski definition) is 5. The summed E-state index contributed by atoms with van der Waals surface area (Å²) in [6.07, 6.45) is 1.96. The van der Waals surface area contributed by atoms with E-state index in [9.17, 15) is 0 Å². The number of ether oxygens (including phenoxy) is 2. The van der Waals surface area contributed by atoms with Crippen molar-refractivity contribution in [3.8, 4) is 0 Å². The third kappa shape index (κ3) is 2.40. The largest absolute Gasteiger partial charge is 0.383 e. The number of guanidine groups is 1. The maximum absolute atomic E-state index is 5.99. The van der Waals surface area contributed by atoms with E-state index in [2.05, 4.69) is 23.7 Å². The van der Waals surface area contributed by atoms with Gasteiger partial charge in [0.15, 0.2) is 5.96 Å². The van der Waals surface area contributed by atoms with Crippen LogP contribution in [0.15, 0.2) is 4.99 Å². The molecule has 1 atom stereocenters. The van der Waals surface area contributed by atoms with Crippen LogP contribution in [0.3, 0.4) is 0 Å². The van der Waals surface area contributed by atoms with Crippen LogP contribution >= 0.6 is 0 Å². The normalized spacial score (nSPS) is 31.9. The minimum Gasteiger partial charge on any atom is -0.383 e. The number of methoxy groups -OCH3 is 1. The molecule has 0 radical (unpaired) electrons. The van der Waals surface area contributed by atoms with Crippen LogP contribution in [0.1, 0.15) is 26.7 Å². The Morgan fingerprint density at radius 2 is 2.29 bits per heavy atom. The first-order valence-electron chi connectivity index (χ1n) is 6.20. The number of nitrogens with zero attached hydrogens (tertiary/aromatic N) is 2. The number of aliphatic imine (C=N–C) groups is 1. The van der Waals surface area contributed by atoms with Crippen molar-refractivity contribution in [2.45, 2.75) is 37.8 Å². The van der Waals surface area contributed by atoms with Gasteiger partial charge in [0, 0.05) is 26.7 Å². The first-order chi connectivity index (χ1) is 7.99. The molecule has 5 heteroatoms. The summed E-state index contributed by atoms with van der Waals surface area (Å²) < 4.78 is 10.9. The second-order valence-electron chi connectivity index (χ2n) is 5.58. The minimum atomic E-state index is -0.0935. The van der Waals surface area contributed by atoms with Crippen LogP contribution in [0.4, 0.5) is 0 Å². The quantitative estimate of drug-likeness (QED) is 0.785. The van der Waals surface area contributed by atoms with E-state index in [-0.39, 0.29) is 11.1 Å². The summed E-state index contributed by atoms with van der Waals surface area (Å²) in [5.74, 6) is 0.653. The molecule has 2 aliphatic rings. The molecule has 17 heavy (non-hydrogen) atoms. The molecule has 1 spiro atoms.